The van der Waals surface area contributed by atoms with E-state index in [4.69, 9.17) is 11.6 Å². The summed E-state index contributed by atoms with van der Waals surface area (Å²) in [5.41, 5.74) is 3.89. The zero-order chi connectivity index (χ0) is 16.1. The van der Waals surface area contributed by atoms with Gasteiger partial charge in [0.05, 0.1) is 0 Å². The molecule has 0 saturated carbocycles. The molecule has 0 spiro atoms. The summed E-state index contributed by atoms with van der Waals surface area (Å²) in [6.45, 7) is 3.34. The molecule has 0 fully saturated rings. The van der Waals surface area contributed by atoms with Gasteiger partial charge >= 0.3 is 0 Å². The summed E-state index contributed by atoms with van der Waals surface area (Å²) >= 11 is 5.85. The molecule has 120 valence electrons. The van der Waals surface area contributed by atoms with Crippen LogP contribution < -0.4 is 5.32 Å². The molecular formula is C19H21ClN2O. The van der Waals surface area contributed by atoms with Gasteiger partial charge in [-0.25, -0.2) is 0 Å². The van der Waals surface area contributed by atoms with Crippen LogP contribution in [0, 0.1) is 0 Å². The second-order valence-corrected chi connectivity index (χ2v) is 6.38. The highest BCUT2D eigenvalue weighted by Gasteiger charge is 2.16. The van der Waals surface area contributed by atoms with Crippen LogP contribution in [0.15, 0.2) is 48.5 Å². The summed E-state index contributed by atoms with van der Waals surface area (Å²) in [4.78, 5) is 14.4. The molecule has 0 bridgehead atoms. The van der Waals surface area contributed by atoms with E-state index in [2.05, 4.69) is 34.5 Å². The number of benzene rings is 2. The van der Waals surface area contributed by atoms with Gasteiger partial charge in [-0.3, -0.25) is 9.69 Å². The largest absolute Gasteiger partial charge is 0.352 e. The predicted molar refractivity (Wildman–Crippen MR) is 93.3 cm³/mol. The van der Waals surface area contributed by atoms with E-state index in [9.17, 15) is 4.79 Å². The Morgan fingerprint density at radius 2 is 1.83 bits per heavy atom. The quantitative estimate of drug-likeness (QED) is 0.912. The number of halogens is 1. The summed E-state index contributed by atoms with van der Waals surface area (Å²) in [5, 5.41) is 3.68. The Morgan fingerprint density at radius 1 is 1.09 bits per heavy atom. The van der Waals surface area contributed by atoms with E-state index in [-0.39, 0.29) is 5.91 Å². The van der Waals surface area contributed by atoms with Gasteiger partial charge in [0, 0.05) is 37.6 Å². The zero-order valence-corrected chi connectivity index (χ0v) is 13.9. The average Bonchev–Trinajstić information content (AvgIpc) is 2.59. The molecule has 3 rings (SSSR count). The van der Waals surface area contributed by atoms with E-state index in [0.717, 1.165) is 31.6 Å². The fourth-order valence-electron chi connectivity index (χ4n) is 2.90. The van der Waals surface area contributed by atoms with Crippen molar-refractivity contribution in [3.63, 3.8) is 0 Å². The minimum Gasteiger partial charge on any atom is -0.352 e. The molecule has 0 atom stereocenters. The normalized spacial score (nSPS) is 14.3. The summed E-state index contributed by atoms with van der Waals surface area (Å²) in [6.07, 6.45) is 1.61. The Hall–Kier alpha value is -1.84. The summed E-state index contributed by atoms with van der Waals surface area (Å²) in [6, 6.07) is 16.1. The van der Waals surface area contributed by atoms with Crippen LogP contribution in [0.4, 0.5) is 0 Å². The lowest BCUT2D eigenvalue weighted by Crippen LogP contribution is -2.34. The van der Waals surface area contributed by atoms with Gasteiger partial charge < -0.3 is 5.32 Å². The van der Waals surface area contributed by atoms with Crippen LogP contribution in [0.2, 0.25) is 5.02 Å². The Labute approximate surface area is 142 Å². The third-order valence-electron chi connectivity index (χ3n) is 4.27. The van der Waals surface area contributed by atoms with Crippen molar-refractivity contribution in [3.05, 3.63) is 70.2 Å². The minimum absolute atomic E-state index is 0.0961. The number of carbonyl (C=O) groups is 1. The van der Waals surface area contributed by atoms with E-state index in [1.807, 2.05) is 24.3 Å². The first-order valence-electron chi connectivity index (χ1n) is 8.01. The van der Waals surface area contributed by atoms with Crippen molar-refractivity contribution >= 4 is 17.5 Å². The molecule has 23 heavy (non-hydrogen) atoms. The number of hydrogen-bond acceptors (Lipinski definition) is 2. The van der Waals surface area contributed by atoms with Crippen molar-refractivity contribution in [1.82, 2.24) is 10.2 Å². The van der Waals surface area contributed by atoms with E-state index in [0.29, 0.717) is 18.0 Å². The first-order chi connectivity index (χ1) is 11.2. The van der Waals surface area contributed by atoms with E-state index >= 15 is 0 Å². The number of fused-ring (bicyclic) bond motifs is 1. The first kappa shape index (κ1) is 16.0. The smallest absolute Gasteiger partial charge is 0.221 e. The molecule has 0 radical (unpaired) electrons. The lowest BCUT2D eigenvalue weighted by Gasteiger charge is -2.28. The Kier molecular flexibility index (Phi) is 5.31. The average molecular weight is 329 g/mol. The third kappa shape index (κ3) is 4.57. The standard InChI is InChI=1S/C19H21ClN2O/c20-18-7-5-15(6-8-18)13-21-19(23)10-12-22-11-9-16-3-1-2-4-17(16)14-22/h1-8H,9-14H2,(H,21,23). The molecular weight excluding hydrogens is 308 g/mol. The molecule has 1 N–H and O–H groups in total. The fraction of sp³-hybridized carbons (Fsp3) is 0.316. The van der Waals surface area contributed by atoms with E-state index in [1.54, 1.807) is 0 Å². The maximum absolute atomic E-state index is 12.0. The van der Waals surface area contributed by atoms with Gasteiger partial charge in [0.25, 0.3) is 0 Å². The number of amides is 1. The molecule has 4 heteroatoms. The van der Waals surface area contributed by atoms with Crippen molar-refractivity contribution in [2.24, 2.45) is 0 Å². The number of nitrogens with zero attached hydrogens (tertiary/aromatic N) is 1. The van der Waals surface area contributed by atoms with Gasteiger partial charge in [0.15, 0.2) is 0 Å². The predicted octanol–water partition coefficient (Wildman–Crippen LogP) is 3.40. The highest BCUT2D eigenvalue weighted by atomic mass is 35.5. The first-order valence-corrected chi connectivity index (χ1v) is 8.39. The number of rotatable bonds is 5. The molecule has 0 saturated heterocycles. The van der Waals surface area contributed by atoms with Crippen LogP contribution in [-0.2, 0) is 24.3 Å². The number of nitrogens with one attached hydrogen (secondary N) is 1. The fourth-order valence-corrected chi connectivity index (χ4v) is 3.02. The molecule has 0 aliphatic carbocycles. The molecule has 1 amide bonds. The molecule has 1 heterocycles. The van der Waals surface area contributed by atoms with Gasteiger partial charge in [-0.05, 0) is 35.2 Å². The summed E-state index contributed by atoms with van der Waals surface area (Å²) in [7, 11) is 0. The maximum Gasteiger partial charge on any atom is 0.221 e. The van der Waals surface area contributed by atoms with Crippen molar-refractivity contribution < 1.29 is 4.79 Å². The SMILES string of the molecule is O=C(CCN1CCc2ccccc2C1)NCc1ccc(Cl)cc1. The molecule has 1 aliphatic rings. The highest BCUT2D eigenvalue weighted by molar-refractivity contribution is 6.30. The molecule has 3 nitrogen and oxygen atoms in total. The zero-order valence-electron chi connectivity index (χ0n) is 13.1. The highest BCUT2D eigenvalue weighted by Crippen LogP contribution is 2.18. The minimum atomic E-state index is 0.0961. The number of carbonyl (C=O) groups excluding carboxylic acids is 1. The van der Waals surface area contributed by atoms with Gasteiger partial charge in [0.2, 0.25) is 5.91 Å². The monoisotopic (exact) mass is 328 g/mol. The topological polar surface area (TPSA) is 32.3 Å². The van der Waals surface area contributed by atoms with Crippen LogP contribution in [0.3, 0.4) is 0 Å². The Balaban J connectivity index is 1.42. The Bertz CT molecular complexity index is 669. The van der Waals surface area contributed by atoms with Crippen LogP contribution in [0.1, 0.15) is 23.1 Å². The van der Waals surface area contributed by atoms with Gasteiger partial charge in [-0.1, -0.05) is 48.0 Å². The molecule has 2 aromatic carbocycles. The van der Waals surface area contributed by atoms with Crippen molar-refractivity contribution in [3.8, 4) is 0 Å². The second-order valence-electron chi connectivity index (χ2n) is 5.95. The van der Waals surface area contributed by atoms with E-state index in [1.165, 1.54) is 11.1 Å². The van der Waals surface area contributed by atoms with Crippen molar-refractivity contribution in [2.45, 2.75) is 25.9 Å². The van der Waals surface area contributed by atoms with Crippen LogP contribution >= 0.6 is 11.6 Å². The molecule has 0 unspecified atom stereocenters. The molecule has 0 aromatic heterocycles. The number of hydrogen-bond donors (Lipinski definition) is 1. The van der Waals surface area contributed by atoms with Gasteiger partial charge in [-0.15, -0.1) is 0 Å². The van der Waals surface area contributed by atoms with Gasteiger partial charge in [-0.2, -0.15) is 0 Å². The third-order valence-corrected chi connectivity index (χ3v) is 4.52. The van der Waals surface area contributed by atoms with Crippen LogP contribution in [0.5, 0.6) is 0 Å². The van der Waals surface area contributed by atoms with Gasteiger partial charge in [0.1, 0.15) is 0 Å². The lowest BCUT2D eigenvalue weighted by molar-refractivity contribution is -0.121. The van der Waals surface area contributed by atoms with E-state index < -0.39 is 0 Å². The van der Waals surface area contributed by atoms with Crippen LogP contribution in [-0.4, -0.2) is 23.9 Å². The second kappa shape index (κ2) is 7.62. The summed E-state index contributed by atoms with van der Waals surface area (Å²) < 4.78 is 0. The lowest BCUT2D eigenvalue weighted by atomic mass is 10.00. The Morgan fingerprint density at radius 3 is 2.61 bits per heavy atom. The molecule has 2 aromatic rings. The summed E-state index contributed by atoms with van der Waals surface area (Å²) in [5.74, 6) is 0.0961. The van der Waals surface area contributed by atoms with Crippen molar-refractivity contribution in [1.29, 1.82) is 0 Å². The molecule has 1 aliphatic heterocycles. The van der Waals surface area contributed by atoms with Crippen LogP contribution in [0.25, 0.3) is 0 Å². The maximum atomic E-state index is 12.0. The van der Waals surface area contributed by atoms with Crippen molar-refractivity contribution in [2.75, 3.05) is 13.1 Å².